The maximum atomic E-state index is 11.9. The number of hydrogen-bond acceptors (Lipinski definition) is 2. The lowest BCUT2D eigenvalue weighted by molar-refractivity contribution is -0.357. The summed E-state index contributed by atoms with van der Waals surface area (Å²) in [5.41, 5.74) is 0. The molecule has 1 unspecified atom stereocenters. The molecule has 0 aliphatic carbocycles. The molecule has 0 amide bonds. The molecule has 0 aromatic carbocycles. The molecule has 0 radical (unpaired) electrons. The average Bonchev–Trinajstić information content (AvgIpc) is 2.31. The first-order valence-corrected chi connectivity index (χ1v) is 4.40. The van der Waals surface area contributed by atoms with Crippen molar-refractivity contribution < 1.29 is 17.9 Å². The van der Waals surface area contributed by atoms with Gasteiger partial charge in [0.1, 0.15) is 6.23 Å². The fourth-order valence-corrected chi connectivity index (χ4v) is 1.63. The minimum Gasteiger partial charge on any atom is -0.276 e. The van der Waals surface area contributed by atoms with Crippen LogP contribution in [0.4, 0.5) is 13.2 Å². The van der Waals surface area contributed by atoms with Crippen molar-refractivity contribution in [1.82, 2.24) is 4.90 Å². The van der Waals surface area contributed by atoms with E-state index < -0.39 is 12.6 Å². The van der Waals surface area contributed by atoms with E-state index in [0.29, 0.717) is 13.0 Å². The summed E-state index contributed by atoms with van der Waals surface area (Å²) in [4.78, 5) is 1.73. The van der Waals surface area contributed by atoms with Crippen LogP contribution in [-0.2, 0) is 4.74 Å². The van der Waals surface area contributed by atoms with Gasteiger partial charge in [0.15, 0.2) is 0 Å². The number of rotatable bonds is 2. The van der Waals surface area contributed by atoms with Gasteiger partial charge in [0.2, 0.25) is 0 Å². The van der Waals surface area contributed by atoms with E-state index >= 15 is 0 Å². The Morgan fingerprint density at radius 3 is 2.46 bits per heavy atom. The second-order valence-corrected chi connectivity index (χ2v) is 3.49. The second kappa shape index (κ2) is 3.84. The van der Waals surface area contributed by atoms with E-state index in [1.165, 1.54) is 0 Å². The lowest BCUT2D eigenvalue weighted by Gasteiger charge is -2.28. The molecular formula is C8H14F3NO. The Kier molecular flexibility index (Phi) is 3.18. The van der Waals surface area contributed by atoms with Gasteiger partial charge in [0.05, 0.1) is 0 Å². The van der Waals surface area contributed by atoms with Crippen LogP contribution in [0.25, 0.3) is 0 Å². The lowest BCUT2D eigenvalue weighted by atomic mass is 10.3. The van der Waals surface area contributed by atoms with Crippen molar-refractivity contribution in [2.45, 2.75) is 45.3 Å². The van der Waals surface area contributed by atoms with E-state index in [4.69, 9.17) is 0 Å². The number of hydrogen-bond donors (Lipinski definition) is 0. The third kappa shape index (κ3) is 3.15. The maximum absolute atomic E-state index is 11.9. The van der Waals surface area contributed by atoms with Crippen molar-refractivity contribution in [3.63, 3.8) is 0 Å². The van der Waals surface area contributed by atoms with Gasteiger partial charge in [0.25, 0.3) is 0 Å². The standard InChI is InChI=1S/C8H14F3NO/c1-6(2)12-5-3-4-7(12)13-8(9,10)11/h6-7H,3-5H2,1-2H3. The van der Waals surface area contributed by atoms with E-state index in [9.17, 15) is 13.2 Å². The molecule has 0 aromatic rings. The van der Waals surface area contributed by atoms with Crippen molar-refractivity contribution in [1.29, 1.82) is 0 Å². The van der Waals surface area contributed by atoms with Gasteiger partial charge in [-0.2, -0.15) is 0 Å². The molecule has 1 aliphatic rings. The van der Waals surface area contributed by atoms with E-state index in [2.05, 4.69) is 4.74 Å². The number of halogens is 3. The molecule has 13 heavy (non-hydrogen) atoms. The van der Waals surface area contributed by atoms with Crippen molar-refractivity contribution in [2.24, 2.45) is 0 Å². The van der Waals surface area contributed by atoms with Gasteiger partial charge in [-0.25, -0.2) is 0 Å². The van der Waals surface area contributed by atoms with Gasteiger partial charge in [-0.15, -0.1) is 13.2 Å². The third-order valence-electron chi connectivity index (χ3n) is 2.17. The van der Waals surface area contributed by atoms with Crippen LogP contribution in [0.15, 0.2) is 0 Å². The Morgan fingerprint density at radius 2 is 2.00 bits per heavy atom. The largest absolute Gasteiger partial charge is 0.524 e. The highest BCUT2D eigenvalue weighted by Crippen LogP contribution is 2.27. The summed E-state index contributed by atoms with van der Waals surface area (Å²) < 4.78 is 39.7. The highest BCUT2D eigenvalue weighted by molar-refractivity contribution is 4.75. The molecule has 5 heteroatoms. The summed E-state index contributed by atoms with van der Waals surface area (Å²) in [5, 5.41) is 0. The SMILES string of the molecule is CC(C)N1CCCC1OC(F)(F)F. The molecule has 1 atom stereocenters. The van der Waals surface area contributed by atoms with E-state index in [1.807, 2.05) is 13.8 Å². The average molecular weight is 197 g/mol. The van der Waals surface area contributed by atoms with Crippen molar-refractivity contribution in [2.75, 3.05) is 6.54 Å². The Bertz CT molecular complexity index is 169. The highest BCUT2D eigenvalue weighted by atomic mass is 19.4. The van der Waals surface area contributed by atoms with Gasteiger partial charge in [-0.3, -0.25) is 9.64 Å². The molecule has 0 N–H and O–H groups in total. The van der Waals surface area contributed by atoms with Crippen LogP contribution in [0.5, 0.6) is 0 Å². The molecular weight excluding hydrogens is 183 g/mol. The molecule has 1 heterocycles. The highest BCUT2D eigenvalue weighted by Gasteiger charge is 2.38. The summed E-state index contributed by atoms with van der Waals surface area (Å²) in [5.74, 6) is 0. The Balaban J connectivity index is 2.49. The molecule has 1 saturated heterocycles. The topological polar surface area (TPSA) is 12.5 Å². The van der Waals surface area contributed by atoms with Crippen molar-refractivity contribution >= 4 is 0 Å². The normalized spacial score (nSPS) is 25.8. The van der Waals surface area contributed by atoms with Crippen LogP contribution in [0.1, 0.15) is 26.7 Å². The van der Waals surface area contributed by atoms with E-state index in [0.717, 1.165) is 6.42 Å². The predicted molar refractivity (Wildman–Crippen MR) is 42.0 cm³/mol. The zero-order valence-electron chi connectivity index (χ0n) is 7.77. The predicted octanol–water partition coefficient (Wildman–Crippen LogP) is 2.35. The monoisotopic (exact) mass is 197 g/mol. The smallest absolute Gasteiger partial charge is 0.276 e. The molecule has 1 rings (SSSR count). The first kappa shape index (κ1) is 10.8. The summed E-state index contributed by atoms with van der Waals surface area (Å²) >= 11 is 0. The fraction of sp³-hybridized carbons (Fsp3) is 1.00. The van der Waals surface area contributed by atoms with Gasteiger partial charge in [0, 0.05) is 12.6 Å². The fourth-order valence-electron chi connectivity index (χ4n) is 1.63. The molecule has 78 valence electrons. The van der Waals surface area contributed by atoms with Crippen LogP contribution in [0.3, 0.4) is 0 Å². The van der Waals surface area contributed by atoms with Crippen LogP contribution >= 0.6 is 0 Å². The van der Waals surface area contributed by atoms with E-state index in [-0.39, 0.29) is 6.04 Å². The molecule has 0 spiro atoms. The lowest BCUT2D eigenvalue weighted by Crippen LogP contribution is -2.40. The summed E-state index contributed by atoms with van der Waals surface area (Å²) in [6.07, 6.45) is -4.04. The summed E-state index contributed by atoms with van der Waals surface area (Å²) in [7, 11) is 0. The van der Waals surface area contributed by atoms with Gasteiger partial charge in [-0.05, 0) is 26.7 Å². The van der Waals surface area contributed by atoms with Crippen LogP contribution in [0.2, 0.25) is 0 Å². The van der Waals surface area contributed by atoms with E-state index in [1.54, 1.807) is 4.90 Å². The Morgan fingerprint density at radius 1 is 1.38 bits per heavy atom. The number of nitrogens with zero attached hydrogens (tertiary/aromatic N) is 1. The number of likely N-dealkylation sites (tertiary alicyclic amines) is 1. The molecule has 2 nitrogen and oxygen atoms in total. The molecule has 1 aliphatic heterocycles. The minimum absolute atomic E-state index is 0.106. The van der Waals surface area contributed by atoms with Crippen LogP contribution in [0, 0.1) is 0 Å². The Labute approximate surface area is 75.7 Å². The minimum atomic E-state index is -4.51. The first-order chi connectivity index (χ1) is 5.90. The van der Waals surface area contributed by atoms with Gasteiger partial charge in [-0.1, -0.05) is 0 Å². The van der Waals surface area contributed by atoms with Gasteiger partial charge >= 0.3 is 6.36 Å². The molecule has 1 fully saturated rings. The summed E-state index contributed by atoms with van der Waals surface area (Å²) in [6, 6.07) is 0.106. The molecule has 0 saturated carbocycles. The van der Waals surface area contributed by atoms with Crippen molar-refractivity contribution in [3.05, 3.63) is 0 Å². The second-order valence-electron chi connectivity index (χ2n) is 3.49. The Hall–Kier alpha value is -0.290. The van der Waals surface area contributed by atoms with Crippen LogP contribution in [-0.4, -0.2) is 30.1 Å². The zero-order chi connectivity index (χ0) is 10.1. The maximum Gasteiger partial charge on any atom is 0.524 e. The third-order valence-corrected chi connectivity index (χ3v) is 2.17. The molecule has 0 aromatic heterocycles. The zero-order valence-corrected chi connectivity index (χ0v) is 7.77. The quantitative estimate of drug-likeness (QED) is 0.673. The first-order valence-electron chi connectivity index (χ1n) is 4.40. The van der Waals surface area contributed by atoms with Crippen LogP contribution < -0.4 is 0 Å². The molecule has 0 bridgehead atoms. The number of ether oxygens (including phenoxy) is 1. The van der Waals surface area contributed by atoms with Gasteiger partial charge < -0.3 is 0 Å². The van der Waals surface area contributed by atoms with Crippen molar-refractivity contribution in [3.8, 4) is 0 Å². The number of alkyl halides is 3. The summed E-state index contributed by atoms with van der Waals surface area (Å²) in [6.45, 7) is 4.44.